The Bertz CT molecular complexity index is 725. The van der Waals surface area contributed by atoms with E-state index < -0.39 is 26.5 Å². The van der Waals surface area contributed by atoms with Crippen LogP contribution in [0.25, 0.3) is 11.3 Å². The van der Waals surface area contributed by atoms with Crippen molar-refractivity contribution < 1.29 is 21.6 Å². The highest BCUT2D eigenvalue weighted by atomic mass is 32.2. The molecule has 0 spiro atoms. The minimum Gasteiger partial charge on any atom is -0.254 e. The largest absolute Gasteiger partial charge is 0.417 e. The van der Waals surface area contributed by atoms with E-state index in [4.69, 9.17) is 0 Å². The second kappa shape index (κ2) is 4.90. The fraction of sp³-hybridized carbons (Fsp3) is 0.154. The van der Waals surface area contributed by atoms with Crippen molar-refractivity contribution in [2.45, 2.75) is 11.1 Å². The molecule has 0 atom stereocenters. The average molecular weight is 301 g/mol. The summed E-state index contributed by atoms with van der Waals surface area (Å²) in [5.74, 6) is 0. The predicted molar refractivity (Wildman–Crippen MR) is 67.8 cm³/mol. The minimum absolute atomic E-state index is 0.0149. The van der Waals surface area contributed by atoms with Gasteiger partial charge in [0.2, 0.25) is 0 Å². The summed E-state index contributed by atoms with van der Waals surface area (Å²) in [6.07, 6.45) is -3.14. The van der Waals surface area contributed by atoms with Gasteiger partial charge in [0.25, 0.3) is 0 Å². The monoisotopic (exact) mass is 301 g/mol. The zero-order chi connectivity index (χ0) is 15.0. The maximum Gasteiger partial charge on any atom is 0.417 e. The Balaban J connectivity index is 2.71. The molecule has 2 rings (SSSR count). The van der Waals surface area contributed by atoms with E-state index in [0.29, 0.717) is 17.8 Å². The SMILES string of the molecule is CS(=O)(=O)c1cc(C(F)(F)F)cnc1-c1ccccc1. The van der Waals surface area contributed by atoms with E-state index in [1.165, 1.54) is 0 Å². The molecule has 0 saturated heterocycles. The molecule has 1 aromatic carbocycles. The van der Waals surface area contributed by atoms with Crippen LogP contribution in [0.4, 0.5) is 13.2 Å². The van der Waals surface area contributed by atoms with Crippen molar-refractivity contribution in [2.24, 2.45) is 0 Å². The normalized spacial score (nSPS) is 12.4. The summed E-state index contributed by atoms with van der Waals surface area (Å²) in [5.41, 5.74) is -0.625. The standard InChI is InChI=1S/C13H10F3NO2S/c1-20(18,19)11-7-10(13(14,15)16)8-17-12(11)9-5-3-2-4-6-9/h2-8H,1H3. The highest BCUT2D eigenvalue weighted by Gasteiger charge is 2.33. The summed E-state index contributed by atoms with van der Waals surface area (Å²) in [6, 6.07) is 8.81. The van der Waals surface area contributed by atoms with E-state index in [1.807, 2.05) is 0 Å². The average Bonchev–Trinajstić information content (AvgIpc) is 2.37. The third kappa shape index (κ3) is 2.98. The van der Waals surface area contributed by atoms with Crippen LogP contribution < -0.4 is 0 Å². The van der Waals surface area contributed by atoms with Crippen molar-refractivity contribution >= 4 is 9.84 Å². The van der Waals surface area contributed by atoms with Gasteiger partial charge in [0, 0.05) is 18.0 Å². The van der Waals surface area contributed by atoms with E-state index in [1.54, 1.807) is 30.3 Å². The van der Waals surface area contributed by atoms with Gasteiger partial charge in [0.15, 0.2) is 9.84 Å². The van der Waals surface area contributed by atoms with Gasteiger partial charge in [-0.25, -0.2) is 8.42 Å². The first-order valence-corrected chi connectivity index (χ1v) is 7.41. The van der Waals surface area contributed by atoms with Crippen molar-refractivity contribution in [3.8, 4) is 11.3 Å². The van der Waals surface area contributed by atoms with Crippen LogP contribution in [0.1, 0.15) is 5.56 Å². The van der Waals surface area contributed by atoms with E-state index >= 15 is 0 Å². The van der Waals surface area contributed by atoms with E-state index in [-0.39, 0.29) is 5.69 Å². The van der Waals surface area contributed by atoms with Crippen molar-refractivity contribution in [3.05, 3.63) is 48.2 Å². The molecular weight excluding hydrogens is 291 g/mol. The molecule has 3 nitrogen and oxygen atoms in total. The Morgan fingerprint density at radius 2 is 1.70 bits per heavy atom. The summed E-state index contributed by atoms with van der Waals surface area (Å²) in [4.78, 5) is 3.25. The lowest BCUT2D eigenvalue weighted by Gasteiger charge is -2.11. The molecule has 0 bridgehead atoms. The molecule has 0 radical (unpaired) electrons. The van der Waals surface area contributed by atoms with Gasteiger partial charge in [-0.2, -0.15) is 13.2 Å². The fourth-order valence-electron chi connectivity index (χ4n) is 1.70. The van der Waals surface area contributed by atoms with Crippen LogP contribution >= 0.6 is 0 Å². The van der Waals surface area contributed by atoms with Crippen LogP contribution in [-0.4, -0.2) is 19.7 Å². The Kier molecular flexibility index (Phi) is 3.56. The third-order valence-corrected chi connectivity index (χ3v) is 3.74. The van der Waals surface area contributed by atoms with Crippen molar-refractivity contribution in [2.75, 3.05) is 6.26 Å². The second-order valence-electron chi connectivity index (χ2n) is 4.21. The Labute approximate surface area is 114 Å². The number of halogens is 3. The second-order valence-corrected chi connectivity index (χ2v) is 6.19. The molecule has 0 aliphatic heterocycles. The molecule has 0 amide bonds. The number of benzene rings is 1. The van der Waals surface area contributed by atoms with Gasteiger partial charge in [-0.1, -0.05) is 30.3 Å². The summed E-state index contributed by atoms with van der Waals surface area (Å²) in [6.45, 7) is 0. The quantitative estimate of drug-likeness (QED) is 0.856. The lowest BCUT2D eigenvalue weighted by molar-refractivity contribution is -0.138. The van der Waals surface area contributed by atoms with Gasteiger partial charge in [-0.3, -0.25) is 4.98 Å². The number of rotatable bonds is 2. The van der Waals surface area contributed by atoms with Crippen LogP contribution in [0.15, 0.2) is 47.5 Å². The Morgan fingerprint density at radius 3 is 2.20 bits per heavy atom. The highest BCUT2D eigenvalue weighted by molar-refractivity contribution is 7.90. The lowest BCUT2D eigenvalue weighted by Crippen LogP contribution is -2.10. The molecule has 2 aromatic rings. The molecule has 0 fully saturated rings. The van der Waals surface area contributed by atoms with Crippen LogP contribution in [0.5, 0.6) is 0 Å². The van der Waals surface area contributed by atoms with E-state index in [2.05, 4.69) is 4.98 Å². The van der Waals surface area contributed by atoms with Crippen LogP contribution in [0, 0.1) is 0 Å². The Morgan fingerprint density at radius 1 is 1.10 bits per heavy atom. The van der Waals surface area contributed by atoms with Crippen LogP contribution in [0.2, 0.25) is 0 Å². The third-order valence-electron chi connectivity index (χ3n) is 2.63. The van der Waals surface area contributed by atoms with Crippen molar-refractivity contribution in [3.63, 3.8) is 0 Å². The van der Waals surface area contributed by atoms with Gasteiger partial charge in [-0.15, -0.1) is 0 Å². The molecule has 106 valence electrons. The lowest BCUT2D eigenvalue weighted by atomic mass is 10.1. The number of pyridine rings is 1. The van der Waals surface area contributed by atoms with Gasteiger partial charge >= 0.3 is 6.18 Å². The van der Waals surface area contributed by atoms with Crippen LogP contribution in [0.3, 0.4) is 0 Å². The van der Waals surface area contributed by atoms with Crippen molar-refractivity contribution in [1.82, 2.24) is 4.98 Å². The first kappa shape index (κ1) is 14.5. The summed E-state index contributed by atoms with van der Waals surface area (Å²) in [7, 11) is -3.83. The predicted octanol–water partition coefficient (Wildman–Crippen LogP) is 3.17. The number of hydrogen-bond acceptors (Lipinski definition) is 3. The summed E-state index contributed by atoms with van der Waals surface area (Å²) >= 11 is 0. The highest BCUT2D eigenvalue weighted by Crippen LogP contribution is 2.33. The molecule has 7 heteroatoms. The number of sulfone groups is 1. The molecule has 0 aliphatic rings. The number of nitrogens with zero attached hydrogens (tertiary/aromatic N) is 1. The van der Waals surface area contributed by atoms with Crippen molar-refractivity contribution in [1.29, 1.82) is 0 Å². The fourth-order valence-corrected chi connectivity index (χ4v) is 2.56. The molecule has 1 aromatic heterocycles. The Hall–Kier alpha value is -1.89. The smallest absolute Gasteiger partial charge is 0.254 e. The maximum atomic E-state index is 12.7. The zero-order valence-electron chi connectivity index (χ0n) is 10.3. The van der Waals surface area contributed by atoms with E-state index in [0.717, 1.165) is 6.26 Å². The molecule has 0 N–H and O–H groups in total. The number of alkyl halides is 3. The van der Waals surface area contributed by atoms with Gasteiger partial charge < -0.3 is 0 Å². The van der Waals surface area contributed by atoms with Crippen LogP contribution in [-0.2, 0) is 16.0 Å². The topological polar surface area (TPSA) is 47.0 Å². The van der Waals surface area contributed by atoms with Gasteiger partial charge in [0.1, 0.15) is 0 Å². The number of aromatic nitrogens is 1. The molecular formula is C13H10F3NO2S. The first-order valence-electron chi connectivity index (χ1n) is 5.52. The van der Waals surface area contributed by atoms with Gasteiger partial charge in [-0.05, 0) is 6.07 Å². The molecule has 20 heavy (non-hydrogen) atoms. The molecule has 0 saturated carbocycles. The number of hydrogen-bond donors (Lipinski definition) is 0. The van der Waals surface area contributed by atoms with E-state index in [9.17, 15) is 21.6 Å². The zero-order valence-corrected chi connectivity index (χ0v) is 11.2. The molecule has 0 unspecified atom stereocenters. The molecule has 0 aliphatic carbocycles. The molecule has 1 heterocycles. The summed E-state index contributed by atoms with van der Waals surface area (Å²) in [5, 5.41) is 0. The minimum atomic E-state index is -4.64. The van der Waals surface area contributed by atoms with Gasteiger partial charge in [0.05, 0.1) is 16.2 Å². The maximum absolute atomic E-state index is 12.7. The summed E-state index contributed by atoms with van der Waals surface area (Å²) < 4.78 is 61.4. The first-order chi connectivity index (χ1) is 9.19.